The summed E-state index contributed by atoms with van der Waals surface area (Å²) in [5.41, 5.74) is 1.65. The molecule has 0 spiro atoms. The molecule has 0 aliphatic carbocycles. The Kier molecular flexibility index (Phi) is 6.52. The fourth-order valence-electron chi connectivity index (χ4n) is 1.63. The van der Waals surface area contributed by atoms with Crippen molar-refractivity contribution in [2.75, 3.05) is 46.2 Å². The standard InChI is InChI=1S/C16H26N2O2/c1-5-6-11-17-15-9-7-14(8-10-15)16(19)20-13-12-18(2,3)4/h7-10H,5-6,11-13H2,1-4H3/p+1. The maximum atomic E-state index is 11.9. The van der Waals surface area contributed by atoms with Crippen LogP contribution in [0.4, 0.5) is 5.69 Å². The van der Waals surface area contributed by atoms with Gasteiger partial charge in [-0.3, -0.25) is 0 Å². The molecule has 0 aliphatic heterocycles. The molecule has 4 nitrogen and oxygen atoms in total. The molecule has 1 N–H and O–H groups in total. The van der Waals surface area contributed by atoms with Crippen molar-refractivity contribution >= 4 is 11.7 Å². The molecular weight excluding hydrogens is 252 g/mol. The summed E-state index contributed by atoms with van der Waals surface area (Å²) in [5.74, 6) is -0.251. The third-order valence-electron chi connectivity index (χ3n) is 2.98. The molecule has 0 aliphatic rings. The van der Waals surface area contributed by atoms with Crippen molar-refractivity contribution in [1.82, 2.24) is 0 Å². The Morgan fingerprint density at radius 1 is 1.20 bits per heavy atom. The molecule has 0 fully saturated rings. The zero-order valence-electron chi connectivity index (χ0n) is 13.1. The molecule has 0 radical (unpaired) electrons. The quantitative estimate of drug-likeness (QED) is 0.452. The van der Waals surface area contributed by atoms with Crippen molar-refractivity contribution in [3.63, 3.8) is 0 Å². The van der Waals surface area contributed by atoms with Crippen molar-refractivity contribution in [2.24, 2.45) is 0 Å². The van der Waals surface area contributed by atoms with Crippen molar-refractivity contribution in [3.8, 4) is 0 Å². The van der Waals surface area contributed by atoms with Crippen molar-refractivity contribution in [1.29, 1.82) is 0 Å². The molecule has 112 valence electrons. The van der Waals surface area contributed by atoms with Crippen LogP contribution >= 0.6 is 0 Å². The molecule has 1 aromatic carbocycles. The second-order valence-corrected chi connectivity index (χ2v) is 6.01. The SMILES string of the molecule is CCCCNc1ccc(C(=O)OCC[N+](C)(C)C)cc1. The van der Waals surface area contributed by atoms with Crippen LogP contribution < -0.4 is 5.32 Å². The lowest BCUT2D eigenvalue weighted by molar-refractivity contribution is -0.870. The summed E-state index contributed by atoms with van der Waals surface area (Å²) in [6.45, 7) is 4.38. The zero-order valence-corrected chi connectivity index (χ0v) is 13.1. The largest absolute Gasteiger partial charge is 0.456 e. The van der Waals surface area contributed by atoms with Crippen molar-refractivity contribution in [3.05, 3.63) is 29.8 Å². The highest BCUT2D eigenvalue weighted by molar-refractivity contribution is 5.89. The number of hydrogen-bond donors (Lipinski definition) is 1. The third kappa shape index (κ3) is 6.57. The molecule has 0 bridgehead atoms. The summed E-state index contributed by atoms with van der Waals surface area (Å²) in [7, 11) is 6.22. The van der Waals surface area contributed by atoms with Crippen molar-refractivity contribution < 1.29 is 14.0 Å². The summed E-state index contributed by atoms with van der Waals surface area (Å²) in [5, 5.41) is 3.32. The summed E-state index contributed by atoms with van der Waals surface area (Å²) in [6.07, 6.45) is 2.32. The van der Waals surface area contributed by atoms with Crippen molar-refractivity contribution in [2.45, 2.75) is 19.8 Å². The van der Waals surface area contributed by atoms with E-state index in [1.54, 1.807) is 0 Å². The third-order valence-corrected chi connectivity index (χ3v) is 2.98. The van der Waals surface area contributed by atoms with Crippen LogP contribution in [0.3, 0.4) is 0 Å². The van der Waals surface area contributed by atoms with Crippen LogP contribution in [0.2, 0.25) is 0 Å². The van der Waals surface area contributed by atoms with Gasteiger partial charge in [-0.05, 0) is 30.7 Å². The normalized spacial score (nSPS) is 11.2. The van der Waals surface area contributed by atoms with E-state index in [1.165, 1.54) is 6.42 Å². The number of carbonyl (C=O) groups excluding carboxylic acids is 1. The predicted molar refractivity (Wildman–Crippen MR) is 83.0 cm³/mol. The number of nitrogens with one attached hydrogen (secondary N) is 1. The van der Waals surface area contributed by atoms with Gasteiger partial charge in [0.15, 0.2) is 0 Å². The van der Waals surface area contributed by atoms with Crippen LogP contribution in [0.25, 0.3) is 0 Å². The highest BCUT2D eigenvalue weighted by atomic mass is 16.5. The minimum absolute atomic E-state index is 0.251. The average molecular weight is 279 g/mol. The van der Waals surface area contributed by atoms with E-state index in [0.717, 1.165) is 29.7 Å². The molecular formula is C16H27N2O2+. The van der Waals surface area contributed by atoms with E-state index < -0.39 is 0 Å². The van der Waals surface area contributed by atoms with E-state index >= 15 is 0 Å². The van der Waals surface area contributed by atoms with Crippen LogP contribution in [-0.4, -0.2) is 51.3 Å². The second-order valence-electron chi connectivity index (χ2n) is 6.01. The van der Waals surface area contributed by atoms with E-state index in [2.05, 4.69) is 33.4 Å². The van der Waals surface area contributed by atoms with E-state index in [4.69, 9.17) is 4.74 Å². The number of likely N-dealkylation sites (N-methyl/N-ethyl adjacent to an activating group) is 1. The minimum atomic E-state index is -0.251. The van der Waals surface area contributed by atoms with E-state index in [0.29, 0.717) is 12.2 Å². The minimum Gasteiger partial charge on any atom is -0.456 e. The van der Waals surface area contributed by atoms with Gasteiger partial charge < -0.3 is 14.5 Å². The summed E-state index contributed by atoms with van der Waals surface area (Å²) in [6, 6.07) is 7.46. The number of esters is 1. The fraction of sp³-hybridized carbons (Fsp3) is 0.562. The van der Waals surface area contributed by atoms with Crippen LogP contribution in [0, 0.1) is 0 Å². The van der Waals surface area contributed by atoms with E-state index in [1.807, 2.05) is 24.3 Å². The van der Waals surface area contributed by atoms with Gasteiger partial charge in [0.05, 0.1) is 26.7 Å². The summed E-state index contributed by atoms with van der Waals surface area (Å²) in [4.78, 5) is 11.9. The molecule has 0 saturated carbocycles. The number of hydrogen-bond acceptors (Lipinski definition) is 3. The molecule has 0 atom stereocenters. The molecule has 1 rings (SSSR count). The number of anilines is 1. The van der Waals surface area contributed by atoms with Gasteiger partial charge in [-0.25, -0.2) is 4.79 Å². The first kappa shape index (κ1) is 16.5. The summed E-state index contributed by atoms with van der Waals surface area (Å²) >= 11 is 0. The fourth-order valence-corrected chi connectivity index (χ4v) is 1.63. The first-order chi connectivity index (χ1) is 9.42. The van der Waals surface area contributed by atoms with E-state index in [9.17, 15) is 4.79 Å². The molecule has 4 heteroatoms. The maximum Gasteiger partial charge on any atom is 0.338 e. The highest BCUT2D eigenvalue weighted by Gasteiger charge is 2.11. The Bertz CT molecular complexity index is 407. The Morgan fingerprint density at radius 3 is 2.40 bits per heavy atom. The Morgan fingerprint density at radius 2 is 1.85 bits per heavy atom. The Labute approximate surface area is 122 Å². The van der Waals surface area contributed by atoms with Gasteiger partial charge in [0.1, 0.15) is 13.2 Å². The molecule has 0 saturated heterocycles. The predicted octanol–water partition coefficient (Wildman–Crippen LogP) is 2.76. The highest BCUT2D eigenvalue weighted by Crippen LogP contribution is 2.11. The van der Waals surface area contributed by atoms with Gasteiger partial charge in [0.2, 0.25) is 0 Å². The number of quaternary nitrogens is 1. The van der Waals surface area contributed by atoms with Crippen LogP contribution in [0.15, 0.2) is 24.3 Å². The number of rotatable bonds is 8. The Balaban J connectivity index is 2.41. The van der Waals surface area contributed by atoms with Crippen LogP contribution in [-0.2, 0) is 4.74 Å². The average Bonchev–Trinajstić information content (AvgIpc) is 2.38. The number of nitrogens with zero attached hydrogens (tertiary/aromatic N) is 1. The molecule has 0 unspecified atom stereocenters. The van der Waals surface area contributed by atoms with Gasteiger partial charge in [0.25, 0.3) is 0 Å². The Hall–Kier alpha value is -1.55. The number of unbranched alkanes of at least 4 members (excludes halogenated alkanes) is 1. The van der Waals surface area contributed by atoms with Gasteiger partial charge in [-0.15, -0.1) is 0 Å². The topological polar surface area (TPSA) is 38.3 Å². The zero-order chi connectivity index (χ0) is 15.0. The lowest BCUT2D eigenvalue weighted by atomic mass is 10.2. The van der Waals surface area contributed by atoms with E-state index in [-0.39, 0.29) is 5.97 Å². The molecule has 0 heterocycles. The molecule has 0 amide bonds. The summed E-state index contributed by atoms with van der Waals surface area (Å²) < 4.78 is 6.05. The number of carbonyl (C=O) groups is 1. The second kappa shape index (κ2) is 7.90. The monoisotopic (exact) mass is 279 g/mol. The first-order valence-corrected chi connectivity index (χ1v) is 7.24. The maximum absolute atomic E-state index is 11.9. The smallest absolute Gasteiger partial charge is 0.338 e. The first-order valence-electron chi connectivity index (χ1n) is 7.24. The van der Waals surface area contributed by atoms with Gasteiger partial charge >= 0.3 is 5.97 Å². The number of benzene rings is 1. The molecule has 0 aromatic heterocycles. The molecule has 20 heavy (non-hydrogen) atoms. The van der Waals surface area contributed by atoms with Crippen LogP contribution in [0.1, 0.15) is 30.1 Å². The molecule has 1 aromatic rings. The lowest BCUT2D eigenvalue weighted by Crippen LogP contribution is -2.38. The van der Waals surface area contributed by atoms with Crippen LogP contribution in [0.5, 0.6) is 0 Å². The lowest BCUT2D eigenvalue weighted by Gasteiger charge is -2.23. The van der Waals surface area contributed by atoms with Gasteiger partial charge in [-0.1, -0.05) is 13.3 Å². The van der Waals surface area contributed by atoms with Gasteiger partial charge in [-0.2, -0.15) is 0 Å². The number of ether oxygens (including phenoxy) is 1. The van der Waals surface area contributed by atoms with Gasteiger partial charge in [0, 0.05) is 12.2 Å².